The van der Waals surface area contributed by atoms with E-state index in [1.54, 1.807) is 0 Å². The molecule has 0 radical (unpaired) electrons. The molecule has 0 heterocycles. The summed E-state index contributed by atoms with van der Waals surface area (Å²) in [6.07, 6.45) is -0.377. The number of methoxy groups -OCH3 is 1. The average molecular weight is 365 g/mol. The van der Waals surface area contributed by atoms with Crippen molar-refractivity contribution in [3.8, 4) is 0 Å². The van der Waals surface area contributed by atoms with E-state index in [2.05, 4.69) is 10.6 Å². The minimum atomic E-state index is -0.873. The molecule has 1 unspecified atom stereocenters. The van der Waals surface area contributed by atoms with Gasteiger partial charge in [-0.1, -0.05) is 35.9 Å². The van der Waals surface area contributed by atoms with Gasteiger partial charge in [-0.15, -0.1) is 0 Å². The standard InChI is InChI=1S/C18H18ClFN2O3/c1-11-5-3-4-6-13(11)16(25-2)10-21-17(23)18(24)22-12-7-8-15(20)14(19)9-12/h3-9,16H,10H2,1-2H3,(H,21,23)(H,22,24). The number of aryl methyl sites for hydroxylation is 1. The van der Waals surface area contributed by atoms with Crippen molar-refractivity contribution < 1.29 is 18.7 Å². The zero-order valence-electron chi connectivity index (χ0n) is 13.8. The molecule has 0 aliphatic heterocycles. The van der Waals surface area contributed by atoms with Crippen molar-refractivity contribution in [1.29, 1.82) is 0 Å². The lowest BCUT2D eigenvalue weighted by molar-refractivity contribution is -0.136. The smallest absolute Gasteiger partial charge is 0.313 e. The van der Waals surface area contributed by atoms with Crippen LogP contribution in [0.25, 0.3) is 0 Å². The summed E-state index contributed by atoms with van der Waals surface area (Å²) in [6.45, 7) is 2.08. The van der Waals surface area contributed by atoms with E-state index in [0.29, 0.717) is 0 Å². The molecular weight excluding hydrogens is 347 g/mol. The largest absolute Gasteiger partial charge is 0.375 e. The summed E-state index contributed by atoms with van der Waals surface area (Å²) in [5.41, 5.74) is 2.18. The molecule has 132 valence electrons. The second-order valence-electron chi connectivity index (χ2n) is 5.37. The van der Waals surface area contributed by atoms with Gasteiger partial charge in [-0.25, -0.2) is 4.39 Å². The molecule has 0 saturated heterocycles. The van der Waals surface area contributed by atoms with Gasteiger partial charge in [-0.2, -0.15) is 0 Å². The fraction of sp³-hybridized carbons (Fsp3) is 0.222. The van der Waals surface area contributed by atoms with E-state index in [1.165, 1.54) is 19.2 Å². The second kappa shape index (κ2) is 8.60. The SMILES string of the molecule is COC(CNC(=O)C(=O)Nc1ccc(F)c(Cl)c1)c1ccccc1C. The number of ether oxygens (including phenoxy) is 1. The van der Waals surface area contributed by atoms with Crippen LogP contribution in [0.5, 0.6) is 0 Å². The molecule has 5 nitrogen and oxygen atoms in total. The van der Waals surface area contributed by atoms with Crippen LogP contribution in [0, 0.1) is 12.7 Å². The molecule has 0 fully saturated rings. The number of hydrogen-bond donors (Lipinski definition) is 2. The second-order valence-corrected chi connectivity index (χ2v) is 5.78. The Hall–Kier alpha value is -2.44. The van der Waals surface area contributed by atoms with Crippen molar-refractivity contribution in [2.45, 2.75) is 13.0 Å². The first-order valence-corrected chi connectivity index (χ1v) is 7.92. The fourth-order valence-corrected chi connectivity index (χ4v) is 2.48. The Labute approximate surface area is 150 Å². The van der Waals surface area contributed by atoms with E-state index >= 15 is 0 Å². The van der Waals surface area contributed by atoms with Crippen LogP contribution in [0.1, 0.15) is 17.2 Å². The molecule has 2 amide bonds. The first-order chi connectivity index (χ1) is 11.9. The molecule has 2 aromatic rings. The Balaban J connectivity index is 1.95. The number of rotatable bonds is 5. The molecule has 25 heavy (non-hydrogen) atoms. The van der Waals surface area contributed by atoms with Crippen LogP contribution in [0.4, 0.5) is 10.1 Å². The maximum absolute atomic E-state index is 13.1. The Morgan fingerprint density at radius 1 is 1.20 bits per heavy atom. The molecule has 0 aliphatic rings. The highest BCUT2D eigenvalue weighted by Gasteiger charge is 2.18. The summed E-state index contributed by atoms with van der Waals surface area (Å²) in [5, 5.41) is 4.74. The monoisotopic (exact) mass is 364 g/mol. The van der Waals surface area contributed by atoms with E-state index in [0.717, 1.165) is 17.2 Å². The van der Waals surface area contributed by atoms with E-state index in [9.17, 15) is 14.0 Å². The summed E-state index contributed by atoms with van der Waals surface area (Å²) in [6, 6.07) is 11.3. The summed E-state index contributed by atoms with van der Waals surface area (Å²) in [5.74, 6) is -2.30. The quantitative estimate of drug-likeness (QED) is 0.800. The van der Waals surface area contributed by atoms with Crippen LogP contribution in [0.2, 0.25) is 5.02 Å². The Morgan fingerprint density at radius 3 is 2.56 bits per heavy atom. The molecule has 2 rings (SSSR count). The van der Waals surface area contributed by atoms with Gasteiger partial charge in [0.25, 0.3) is 0 Å². The van der Waals surface area contributed by atoms with Crippen LogP contribution in [-0.2, 0) is 14.3 Å². The maximum Gasteiger partial charge on any atom is 0.313 e. The molecular formula is C18H18ClFN2O3. The number of benzene rings is 2. The van der Waals surface area contributed by atoms with Crippen molar-refractivity contribution in [2.24, 2.45) is 0 Å². The predicted octanol–water partition coefficient (Wildman–Crippen LogP) is 3.23. The van der Waals surface area contributed by atoms with E-state index in [4.69, 9.17) is 16.3 Å². The van der Waals surface area contributed by atoms with E-state index in [-0.39, 0.29) is 23.4 Å². The third-order valence-electron chi connectivity index (χ3n) is 3.65. The van der Waals surface area contributed by atoms with Gasteiger partial charge in [0.1, 0.15) is 5.82 Å². The molecule has 0 aromatic heterocycles. The molecule has 7 heteroatoms. The lowest BCUT2D eigenvalue weighted by Gasteiger charge is -2.18. The van der Waals surface area contributed by atoms with Gasteiger partial charge in [0.2, 0.25) is 0 Å². The third-order valence-corrected chi connectivity index (χ3v) is 3.94. The zero-order chi connectivity index (χ0) is 18.4. The van der Waals surface area contributed by atoms with Gasteiger partial charge in [0, 0.05) is 19.3 Å². The molecule has 0 aliphatic carbocycles. The molecule has 0 bridgehead atoms. The normalized spacial score (nSPS) is 11.7. The molecule has 2 aromatic carbocycles. The maximum atomic E-state index is 13.1. The first kappa shape index (κ1) is 18.9. The number of carbonyl (C=O) groups is 2. The predicted molar refractivity (Wildman–Crippen MR) is 94.0 cm³/mol. The van der Waals surface area contributed by atoms with Gasteiger partial charge in [-0.05, 0) is 36.2 Å². The Kier molecular flexibility index (Phi) is 6.50. The topological polar surface area (TPSA) is 67.4 Å². The average Bonchev–Trinajstić information content (AvgIpc) is 2.59. The summed E-state index contributed by atoms with van der Waals surface area (Å²) >= 11 is 5.64. The number of nitrogens with one attached hydrogen (secondary N) is 2. The summed E-state index contributed by atoms with van der Waals surface area (Å²) in [7, 11) is 1.53. The van der Waals surface area contributed by atoms with Crippen LogP contribution >= 0.6 is 11.6 Å². The first-order valence-electron chi connectivity index (χ1n) is 7.55. The zero-order valence-corrected chi connectivity index (χ0v) is 14.6. The molecule has 2 N–H and O–H groups in total. The van der Waals surface area contributed by atoms with Gasteiger partial charge < -0.3 is 15.4 Å². The van der Waals surface area contributed by atoms with Crippen molar-refractivity contribution in [3.05, 3.63) is 64.4 Å². The van der Waals surface area contributed by atoms with Gasteiger partial charge >= 0.3 is 11.8 Å². The molecule has 0 saturated carbocycles. The highest BCUT2D eigenvalue weighted by molar-refractivity contribution is 6.39. The molecule has 0 spiro atoms. The Bertz CT molecular complexity index is 783. The summed E-state index contributed by atoms with van der Waals surface area (Å²) in [4.78, 5) is 23.9. The number of carbonyl (C=O) groups excluding carboxylic acids is 2. The molecule has 1 atom stereocenters. The van der Waals surface area contributed by atoms with E-state index < -0.39 is 17.6 Å². The highest BCUT2D eigenvalue weighted by Crippen LogP contribution is 2.20. The van der Waals surface area contributed by atoms with Crippen molar-refractivity contribution in [2.75, 3.05) is 19.0 Å². The van der Waals surface area contributed by atoms with Crippen LogP contribution in [0.3, 0.4) is 0 Å². The van der Waals surface area contributed by atoms with Gasteiger partial charge in [-0.3, -0.25) is 9.59 Å². The van der Waals surface area contributed by atoms with Gasteiger partial charge in [0.15, 0.2) is 0 Å². The van der Waals surface area contributed by atoms with Gasteiger partial charge in [0.05, 0.1) is 11.1 Å². The highest BCUT2D eigenvalue weighted by atomic mass is 35.5. The minimum Gasteiger partial charge on any atom is -0.375 e. The fourth-order valence-electron chi connectivity index (χ4n) is 2.30. The van der Waals surface area contributed by atoms with Crippen molar-refractivity contribution in [3.63, 3.8) is 0 Å². The minimum absolute atomic E-state index is 0.137. The van der Waals surface area contributed by atoms with Crippen molar-refractivity contribution >= 4 is 29.1 Å². The number of amides is 2. The summed E-state index contributed by atoms with van der Waals surface area (Å²) < 4.78 is 18.5. The third kappa shape index (κ3) is 5.01. The lowest BCUT2D eigenvalue weighted by atomic mass is 10.0. The lowest BCUT2D eigenvalue weighted by Crippen LogP contribution is -2.38. The number of hydrogen-bond acceptors (Lipinski definition) is 3. The number of anilines is 1. The number of halogens is 2. The van der Waals surface area contributed by atoms with E-state index in [1.807, 2.05) is 31.2 Å². The van der Waals surface area contributed by atoms with Crippen LogP contribution < -0.4 is 10.6 Å². The van der Waals surface area contributed by atoms with Crippen LogP contribution in [-0.4, -0.2) is 25.5 Å². The van der Waals surface area contributed by atoms with Crippen molar-refractivity contribution in [1.82, 2.24) is 5.32 Å². The van der Waals surface area contributed by atoms with Crippen LogP contribution in [0.15, 0.2) is 42.5 Å². The Morgan fingerprint density at radius 2 is 1.92 bits per heavy atom.